The van der Waals surface area contributed by atoms with Gasteiger partial charge in [0.25, 0.3) is 11.8 Å². The first-order valence-corrected chi connectivity index (χ1v) is 10.5. The average Bonchev–Trinajstić information content (AvgIpc) is 2.94. The lowest BCUT2D eigenvalue weighted by Gasteiger charge is -2.16. The molecule has 3 aromatic carbocycles. The first kappa shape index (κ1) is 21.2. The van der Waals surface area contributed by atoms with Crippen molar-refractivity contribution in [2.45, 2.75) is 20.4 Å². The van der Waals surface area contributed by atoms with Gasteiger partial charge in [0.15, 0.2) is 0 Å². The Balaban J connectivity index is 1.77. The highest BCUT2D eigenvalue weighted by molar-refractivity contribution is 6.37. The number of nitrogens with zero attached hydrogens (tertiary/aromatic N) is 1. The van der Waals surface area contributed by atoms with Crippen LogP contribution in [0.25, 0.3) is 5.57 Å². The van der Waals surface area contributed by atoms with Crippen molar-refractivity contribution in [2.24, 2.45) is 0 Å². The number of carbonyl (C=O) groups excluding carboxylic acids is 2. The number of aryl methyl sites for hydroxylation is 2. The van der Waals surface area contributed by atoms with Gasteiger partial charge >= 0.3 is 0 Å². The van der Waals surface area contributed by atoms with Gasteiger partial charge in [0.05, 0.1) is 12.1 Å². The van der Waals surface area contributed by atoms with Crippen LogP contribution in [-0.4, -0.2) is 16.7 Å². The second-order valence-corrected chi connectivity index (χ2v) is 8.39. The lowest BCUT2D eigenvalue weighted by atomic mass is 10.0. The Morgan fingerprint density at radius 3 is 2.13 bits per heavy atom. The van der Waals surface area contributed by atoms with Crippen molar-refractivity contribution in [1.82, 2.24) is 4.90 Å². The predicted molar refractivity (Wildman–Crippen MR) is 125 cm³/mol. The molecule has 1 aliphatic heterocycles. The number of hydrogen-bond donors (Lipinski definition) is 1. The van der Waals surface area contributed by atoms with Gasteiger partial charge in [0.2, 0.25) is 0 Å². The van der Waals surface area contributed by atoms with Crippen LogP contribution in [0, 0.1) is 13.8 Å². The van der Waals surface area contributed by atoms with E-state index < -0.39 is 5.91 Å². The zero-order valence-corrected chi connectivity index (χ0v) is 18.6. The second-order valence-electron chi connectivity index (χ2n) is 7.55. The van der Waals surface area contributed by atoms with Crippen molar-refractivity contribution in [3.8, 4) is 0 Å². The summed E-state index contributed by atoms with van der Waals surface area (Å²) in [5.74, 6) is -0.770. The number of benzene rings is 3. The first-order valence-electron chi connectivity index (χ1n) is 9.78. The molecular formula is C25H20Cl2N2O2. The molecule has 0 unspecified atom stereocenters. The topological polar surface area (TPSA) is 49.4 Å². The van der Waals surface area contributed by atoms with Crippen LogP contribution in [0.3, 0.4) is 0 Å². The molecule has 0 spiro atoms. The van der Waals surface area contributed by atoms with Crippen molar-refractivity contribution >= 4 is 46.3 Å². The Bertz CT molecular complexity index is 1200. The predicted octanol–water partition coefficient (Wildman–Crippen LogP) is 6.00. The summed E-state index contributed by atoms with van der Waals surface area (Å²) in [5, 5.41) is 4.26. The SMILES string of the molecule is Cc1cc(C)cc(NC2=C(c3ccc(Cl)cc3)C(=O)N(Cc3ccccc3Cl)C2=O)c1. The molecule has 4 rings (SSSR count). The number of imide groups is 1. The highest BCUT2D eigenvalue weighted by atomic mass is 35.5. The Morgan fingerprint density at radius 2 is 1.48 bits per heavy atom. The molecule has 0 fully saturated rings. The smallest absolute Gasteiger partial charge is 0.278 e. The van der Waals surface area contributed by atoms with Crippen molar-refractivity contribution in [1.29, 1.82) is 0 Å². The van der Waals surface area contributed by atoms with E-state index in [2.05, 4.69) is 5.32 Å². The monoisotopic (exact) mass is 450 g/mol. The Labute approximate surface area is 191 Å². The van der Waals surface area contributed by atoms with Gasteiger partial charge in [-0.1, -0.05) is 59.6 Å². The summed E-state index contributed by atoms with van der Waals surface area (Å²) in [6.07, 6.45) is 0. The van der Waals surface area contributed by atoms with E-state index in [-0.39, 0.29) is 18.1 Å². The van der Waals surface area contributed by atoms with Crippen molar-refractivity contribution in [3.63, 3.8) is 0 Å². The van der Waals surface area contributed by atoms with Gasteiger partial charge in [0.1, 0.15) is 5.70 Å². The standard InChI is InChI=1S/C25H20Cl2N2O2/c1-15-11-16(2)13-20(12-15)28-23-22(17-7-9-19(26)10-8-17)24(30)29(25(23)31)14-18-5-3-4-6-21(18)27/h3-13,28H,14H2,1-2H3. The molecule has 31 heavy (non-hydrogen) atoms. The number of nitrogens with one attached hydrogen (secondary N) is 1. The molecular weight excluding hydrogens is 431 g/mol. The Hall–Kier alpha value is -3.08. The average molecular weight is 451 g/mol. The summed E-state index contributed by atoms with van der Waals surface area (Å²) in [6, 6.07) is 20.0. The number of carbonyl (C=O) groups is 2. The van der Waals surface area contributed by atoms with Gasteiger partial charge in [-0.2, -0.15) is 0 Å². The van der Waals surface area contributed by atoms with E-state index in [1.165, 1.54) is 4.90 Å². The Kier molecular flexibility index (Phi) is 5.86. The van der Waals surface area contributed by atoms with Gasteiger partial charge in [0, 0.05) is 15.7 Å². The zero-order valence-electron chi connectivity index (χ0n) is 17.1. The van der Waals surface area contributed by atoms with Crippen LogP contribution in [0.15, 0.2) is 72.4 Å². The van der Waals surface area contributed by atoms with Gasteiger partial charge < -0.3 is 5.32 Å². The van der Waals surface area contributed by atoms with Gasteiger partial charge in [-0.3, -0.25) is 14.5 Å². The molecule has 156 valence electrons. The molecule has 2 amide bonds. The minimum Gasteiger partial charge on any atom is -0.350 e. The maximum atomic E-state index is 13.4. The molecule has 0 atom stereocenters. The zero-order chi connectivity index (χ0) is 22.1. The molecule has 0 saturated heterocycles. The molecule has 0 aliphatic carbocycles. The second kappa shape index (κ2) is 8.58. The minimum absolute atomic E-state index is 0.0897. The number of amides is 2. The largest absolute Gasteiger partial charge is 0.350 e. The van der Waals surface area contributed by atoms with Crippen molar-refractivity contribution in [2.75, 3.05) is 5.32 Å². The van der Waals surface area contributed by atoms with Crippen LogP contribution in [0.2, 0.25) is 10.0 Å². The molecule has 6 heteroatoms. The van der Waals surface area contributed by atoms with E-state index in [0.29, 0.717) is 26.7 Å². The van der Waals surface area contributed by atoms with Gasteiger partial charge in [-0.15, -0.1) is 0 Å². The molecule has 0 bridgehead atoms. The van der Waals surface area contributed by atoms with E-state index in [1.54, 1.807) is 36.4 Å². The van der Waals surface area contributed by atoms with Crippen LogP contribution in [0.1, 0.15) is 22.3 Å². The van der Waals surface area contributed by atoms with Gasteiger partial charge in [-0.25, -0.2) is 0 Å². The highest BCUT2D eigenvalue weighted by Crippen LogP contribution is 2.33. The fraction of sp³-hybridized carbons (Fsp3) is 0.120. The summed E-state index contributed by atoms with van der Waals surface area (Å²) < 4.78 is 0. The number of halogens is 2. The van der Waals surface area contributed by atoms with Crippen molar-refractivity contribution in [3.05, 3.63) is 105 Å². The van der Waals surface area contributed by atoms with Gasteiger partial charge in [-0.05, 0) is 66.4 Å². The van der Waals surface area contributed by atoms with Crippen LogP contribution in [0.5, 0.6) is 0 Å². The summed E-state index contributed by atoms with van der Waals surface area (Å²) >= 11 is 12.3. The number of anilines is 1. The lowest BCUT2D eigenvalue weighted by molar-refractivity contribution is -0.137. The molecule has 1 aliphatic rings. The molecule has 1 N–H and O–H groups in total. The summed E-state index contributed by atoms with van der Waals surface area (Å²) in [6.45, 7) is 4.06. The molecule has 4 nitrogen and oxygen atoms in total. The lowest BCUT2D eigenvalue weighted by Crippen LogP contribution is -2.32. The third-order valence-corrected chi connectivity index (χ3v) is 5.70. The van der Waals surface area contributed by atoms with Crippen LogP contribution < -0.4 is 5.32 Å². The van der Waals surface area contributed by atoms with E-state index in [0.717, 1.165) is 16.8 Å². The molecule has 3 aromatic rings. The number of hydrogen-bond acceptors (Lipinski definition) is 3. The maximum absolute atomic E-state index is 13.4. The molecule has 0 aromatic heterocycles. The fourth-order valence-corrected chi connectivity index (χ4v) is 4.03. The molecule has 1 heterocycles. The molecule has 0 saturated carbocycles. The summed E-state index contributed by atoms with van der Waals surface area (Å²) in [4.78, 5) is 28.0. The van der Waals surface area contributed by atoms with E-state index >= 15 is 0 Å². The van der Waals surface area contributed by atoms with Crippen LogP contribution >= 0.6 is 23.2 Å². The maximum Gasteiger partial charge on any atom is 0.278 e. The normalized spacial score (nSPS) is 13.9. The third kappa shape index (κ3) is 4.36. The van der Waals surface area contributed by atoms with E-state index in [9.17, 15) is 9.59 Å². The highest BCUT2D eigenvalue weighted by Gasteiger charge is 2.39. The fourth-order valence-electron chi connectivity index (χ4n) is 3.71. The quantitative estimate of drug-likeness (QED) is 0.484. The van der Waals surface area contributed by atoms with Crippen LogP contribution in [0.4, 0.5) is 5.69 Å². The first-order chi connectivity index (χ1) is 14.8. The van der Waals surface area contributed by atoms with E-state index in [4.69, 9.17) is 23.2 Å². The third-order valence-electron chi connectivity index (χ3n) is 5.08. The summed E-state index contributed by atoms with van der Waals surface area (Å²) in [7, 11) is 0. The van der Waals surface area contributed by atoms with Crippen LogP contribution in [-0.2, 0) is 16.1 Å². The number of rotatable bonds is 5. The molecule has 0 radical (unpaired) electrons. The van der Waals surface area contributed by atoms with Crippen molar-refractivity contribution < 1.29 is 9.59 Å². The summed E-state index contributed by atoms with van der Waals surface area (Å²) in [5.41, 5.74) is 4.74. The Morgan fingerprint density at radius 1 is 0.839 bits per heavy atom. The minimum atomic E-state index is -0.394. The van der Waals surface area contributed by atoms with E-state index in [1.807, 2.05) is 44.2 Å².